The average molecular weight is 375 g/mol. The normalized spacial score (nSPS) is 10.8. The topological polar surface area (TPSA) is 71.3 Å². The van der Waals surface area contributed by atoms with Crippen molar-refractivity contribution in [2.24, 2.45) is 0 Å². The minimum atomic E-state index is -0.511. The maximum absolute atomic E-state index is 13.0. The second-order valence-electron chi connectivity index (χ2n) is 6.24. The van der Waals surface area contributed by atoms with Crippen LogP contribution in [-0.4, -0.2) is 27.6 Å². The molecule has 0 radical (unpaired) electrons. The number of carbonyl (C=O) groups is 1. The van der Waals surface area contributed by atoms with Crippen LogP contribution in [0.2, 0.25) is 0 Å². The highest BCUT2D eigenvalue weighted by Gasteiger charge is 2.11. The number of amides is 1. The fourth-order valence-electron chi connectivity index (χ4n) is 2.98. The smallest absolute Gasteiger partial charge is 0.251 e. The summed E-state index contributed by atoms with van der Waals surface area (Å²) < 4.78 is 14.7. The van der Waals surface area contributed by atoms with Crippen LogP contribution in [0.15, 0.2) is 66.9 Å². The molecule has 7 heteroatoms. The molecule has 0 aliphatic carbocycles. The first kappa shape index (κ1) is 17.7. The maximum Gasteiger partial charge on any atom is 0.251 e. The van der Waals surface area contributed by atoms with Gasteiger partial charge in [0, 0.05) is 30.1 Å². The number of nitrogens with zero attached hydrogens (tertiary/aromatic N) is 3. The number of hydrogen-bond acceptors (Lipinski definition) is 4. The zero-order chi connectivity index (χ0) is 19.5. The van der Waals surface area contributed by atoms with E-state index in [2.05, 4.69) is 20.7 Å². The second kappa shape index (κ2) is 7.48. The molecule has 2 aromatic heterocycles. The third-order valence-electron chi connectivity index (χ3n) is 4.38. The number of aromatic nitrogens is 3. The minimum absolute atomic E-state index is 0.141. The largest absolute Gasteiger partial charge is 0.355 e. The van der Waals surface area contributed by atoms with E-state index >= 15 is 0 Å². The van der Waals surface area contributed by atoms with Gasteiger partial charge in [0.1, 0.15) is 6.67 Å². The Morgan fingerprint density at radius 3 is 2.68 bits per heavy atom. The van der Waals surface area contributed by atoms with Gasteiger partial charge in [-0.3, -0.25) is 4.79 Å². The van der Waals surface area contributed by atoms with E-state index < -0.39 is 6.67 Å². The molecule has 0 atom stereocenters. The zero-order valence-corrected chi connectivity index (χ0v) is 15.2. The number of anilines is 2. The predicted molar refractivity (Wildman–Crippen MR) is 106 cm³/mol. The Morgan fingerprint density at radius 2 is 1.93 bits per heavy atom. The lowest BCUT2D eigenvalue weighted by Gasteiger charge is -2.04. The van der Waals surface area contributed by atoms with Crippen molar-refractivity contribution in [2.75, 3.05) is 12.4 Å². The number of hydrogen-bond donors (Lipinski definition) is 2. The Kier molecular flexibility index (Phi) is 4.72. The van der Waals surface area contributed by atoms with Gasteiger partial charge in [0.05, 0.1) is 0 Å². The molecular formula is C21H18FN5O. The Labute approximate surface area is 161 Å². The molecule has 0 aliphatic rings. The molecule has 0 saturated heterocycles. The fourth-order valence-corrected chi connectivity index (χ4v) is 2.98. The van der Waals surface area contributed by atoms with Crippen LogP contribution < -0.4 is 10.6 Å². The number of nitrogens with one attached hydrogen (secondary N) is 2. The van der Waals surface area contributed by atoms with Gasteiger partial charge in [0.15, 0.2) is 5.65 Å². The van der Waals surface area contributed by atoms with E-state index in [1.807, 2.05) is 36.5 Å². The molecule has 140 valence electrons. The van der Waals surface area contributed by atoms with Crippen molar-refractivity contribution in [3.05, 3.63) is 78.0 Å². The number of rotatable bonds is 5. The maximum atomic E-state index is 13.0. The van der Waals surface area contributed by atoms with Crippen molar-refractivity contribution in [1.29, 1.82) is 0 Å². The van der Waals surface area contributed by atoms with Crippen molar-refractivity contribution < 1.29 is 9.18 Å². The molecule has 0 unspecified atom stereocenters. The first-order valence-corrected chi connectivity index (χ1v) is 8.78. The Bertz CT molecular complexity index is 1140. The monoisotopic (exact) mass is 375 g/mol. The Hall–Kier alpha value is -3.74. The van der Waals surface area contributed by atoms with Crippen LogP contribution in [0, 0.1) is 0 Å². The van der Waals surface area contributed by atoms with E-state index in [0.717, 1.165) is 16.8 Å². The Balaban J connectivity index is 1.66. The molecule has 4 aromatic rings. The van der Waals surface area contributed by atoms with Gasteiger partial charge in [-0.15, -0.1) is 5.10 Å². The molecule has 6 nitrogen and oxygen atoms in total. The van der Waals surface area contributed by atoms with Crippen LogP contribution in [0.1, 0.15) is 15.9 Å². The van der Waals surface area contributed by atoms with Gasteiger partial charge in [-0.25, -0.2) is 8.91 Å². The molecular weight excluding hydrogens is 357 g/mol. The van der Waals surface area contributed by atoms with Crippen molar-refractivity contribution >= 4 is 23.2 Å². The minimum Gasteiger partial charge on any atom is -0.355 e. The number of pyridine rings is 1. The molecule has 28 heavy (non-hydrogen) atoms. The number of benzene rings is 2. The highest BCUT2D eigenvalue weighted by molar-refractivity contribution is 5.94. The first-order valence-electron chi connectivity index (χ1n) is 8.78. The van der Waals surface area contributed by atoms with Crippen LogP contribution >= 0.6 is 0 Å². The quantitative estimate of drug-likeness (QED) is 0.554. The summed E-state index contributed by atoms with van der Waals surface area (Å²) in [6.45, 7) is -0.511. The molecule has 0 fully saturated rings. The SMILES string of the molecule is CNC(=O)c1ccc(Nc2nc3c(-c4cccc(CF)c4)cccn3n2)cc1. The van der Waals surface area contributed by atoms with Gasteiger partial charge in [0.2, 0.25) is 5.95 Å². The van der Waals surface area contributed by atoms with E-state index in [-0.39, 0.29) is 5.91 Å². The van der Waals surface area contributed by atoms with E-state index in [1.165, 1.54) is 0 Å². The van der Waals surface area contributed by atoms with Gasteiger partial charge in [0.25, 0.3) is 5.91 Å². The lowest BCUT2D eigenvalue weighted by Crippen LogP contribution is -2.17. The van der Waals surface area contributed by atoms with Gasteiger partial charge < -0.3 is 10.6 Å². The van der Waals surface area contributed by atoms with Gasteiger partial charge in [-0.2, -0.15) is 4.98 Å². The summed E-state index contributed by atoms with van der Waals surface area (Å²) in [5.41, 5.74) is 4.38. The van der Waals surface area contributed by atoms with Crippen molar-refractivity contribution in [1.82, 2.24) is 19.9 Å². The van der Waals surface area contributed by atoms with Crippen molar-refractivity contribution in [3.63, 3.8) is 0 Å². The third-order valence-corrected chi connectivity index (χ3v) is 4.38. The molecule has 0 spiro atoms. The number of halogens is 1. The standard InChI is InChI=1S/C21H18FN5O/c1-23-20(28)15-7-9-17(10-8-15)24-21-25-19-18(6-3-11-27(19)26-21)16-5-2-4-14(12-16)13-22/h2-12H,13H2,1H3,(H,23,28)(H,24,26). The summed E-state index contributed by atoms with van der Waals surface area (Å²) in [5.74, 6) is 0.291. The molecule has 4 rings (SSSR count). The first-order chi connectivity index (χ1) is 13.7. The molecule has 2 aromatic carbocycles. The number of carbonyl (C=O) groups excluding carboxylic acids is 1. The number of alkyl halides is 1. The van der Waals surface area contributed by atoms with E-state index in [1.54, 1.807) is 41.9 Å². The van der Waals surface area contributed by atoms with E-state index in [4.69, 9.17) is 0 Å². The fraction of sp³-hybridized carbons (Fsp3) is 0.0952. The molecule has 0 aliphatic heterocycles. The summed E-state index contributed by atoms with van der Waals surface area (Å²) in [7, 11) is 1.59. The van der Waals surface area contributed by atoms with Gasteiger partial charge >= 0.3 is 0 Å². The third kappa shape index (κ3) is 3.42. The van der Waals surface area contributed by atoms with E-state index in [9.17, 15) is 9.18 Å². The highest BCUT2D eigenvalue weighted by atomic mass is 19.1. The summed E-state index contributed by atoms with van der Waals surface area (Å²) >= 11 is 0. The second-order valence-corrected chi connectivity index (χ2v) is 6.24. The summed E-state index contributed by atoms with van der Waals surface area (Å²) in [5, 5.41) is 10.2. The van der Waals surface area contributed by atoms with E-state index in [0.29, 0.717) is 22.7 Å². The molecule has 2 heterocycles. The predicted octanol–water partition coefficient (Wildman–Crippen LogP) is 3.97. The summed E-state index contributed by atoms with van der Waals surface area (Å²) in [6.07, 6.45) is 1.81. The van der Waals surface area contributed by atoms with Gasteiger partial charge in [-0.1, -0.05) is 18.2 Å². The van der Waals surface area contributed by atoms with Crippen LogP contribution in [0.25, 0.3) is 16.8 Å². The van der Waals surface area contributed by atoms with Crippen molar-refractivity contribution in [3.8, 4) is 11.1 Å². The summed E-state index contributed by atoms with van der Waals surface area (Å²) in [6, 6.07) is 18.2. The molecule has 0 saturated carbocycles. The highest BCUT2D eigenvalue weighted by Crippen LogP contribution is 2.26. The number of fused-ring (bicyclic) bond motifs is 1. The lowest BCUT2D eigenvalue weighted by molar-refractivity contribution is 0.0963. The van der Waals surface area contributed by atoms with Crippen LogP contribution in [0.5, 0.6) is 0 Å². The average Bonchev–Trinajstić information content (AvgIpc) is 3.16. The molecule has 1 amide bonds. The van der Waals surface area contributed by atoms with Crippen LogP contribution in [0.3, 0.4) is 0 Å². The summed E-state index contributed by atoms with van der Waals surface area (Å²) in [4.78, 5) is 16.2. The van der Waals surface area contributed by atoms with Crippen LogP contribution in [0.4, 0.5) is 16.0 Å². The Morgan fingerprint density at radius 1 is 1.11 bits per heavy atom. The molecule has 0 bridgehead atoms. The van der Waals surface area contributed by atoms with Crippen molar-refractivity contribution in [2.45, 2.75) is 6.67 Å². The zero-order valence-electron chi connectivity index (χ0n) is 15.2. The molecule has 2 N–H and O–H groups in total. The van der Waals surface area contributed by atoms with Gasteiger partial charge in [-0.05, 0) is 53.6 Å². The lowest BCUT2D eigenvalue weighted by atomic mass is 10.0. The van der Waals surface area contributed by atoms with Crippen LogP contribution in [-0.2, 0) is 6.67 Å².